The number of halogens is 2. The average Bonchev–Trinajstić information content (AvgIpc) is 3.65. The summed E-state index contributed by atoms with van der Waals surface area (Å²) in [4.78, 5) is 17.3. The number of sulfonamides is 1. The number of benzene rings is 1. The molecule has 5 heterocycles. The molecule has 0 saturated carbocycles. The Labute approximate surface area is 221 Å². The minimum atomic E-state index is -4.16. The molecule has 1 aliphatic rings. The fourth-order valence-corrected chi connectivity index (χ4v) is 5.35. The molecule has 39 heavy (non-hydrogen) atoms. The van der Waals surface area contributed by atoms with Gasteiger partial charge in [-0.25, -0.2) is 37.1 Å². The van der Waals surface area contributed by atoms with Crippen LogP contribution < -0.4 is 10.0 Å². The smallest absolute Gasteiger partial charge is 0.265 e. The van der Waals surface area contributed by atoms with E-state index in [-0.39, 0.29) is 16.9 Å². The Balaban J connectivity index is 1.37. The van der Waals surface area contributed by atoms with Crippen molar-refractivity contribution in [1.82, 2.24) is 24.5 Å². The van der Waals surface area contributed by atoms with E-state index in [1.54, 1.807) is 18.5 Å². The summed E-state index contributed by atoms with van der Waals surface area (Å²) in [6.07, 6.45) is 9.26. The Morgan fingerprint density at radius 3 is 2.74 bits per heavy atom. The second kappa shape index (κ2) is 10.0. The van der Waals surface area contributed by atoms with Crippen molar-refractivity contribution in [2.45, 2.75) is 30.4 Å². The van der Waals surface area contributed by atoms with Gasteiger partial charge in [-0.15, -0.1) is 0 Å². The first-order chi connectivity index (χ1) is 18.9. The quantitative estimate of drug-likeness (QED) is 0.285. The number of hydrogen-bond acceptors (Lipinski definition) is 9. The van der Waals surface area contributed by atoms with Crippen LogP contribution in [0.3, 0.4) is 0 Å². The summed E-state index contributed by atoms with van der Waals surface area (Å²) < 4.78 is 70.0. The first-order valence-corrected chi connectivity index (χ1v) is 13.5. The second-order valence-electron chi connectivity index (χ2n) is 8.74. The number of nitrogens with zero attached hydrogens (tertiary/aromatic N) is 5. The van der Waals surface area contributed by atoms with Gasteiger partial charge in [0.1, 0.15) is 52.2 Å². The van der Waals surface area contributed by atoms with Crippen LogP contribution in [-0.4, -0.2) is 39.5 Å². The largest absolute Gasteiger partial charge is 0.471 e. The van der Waals surface area contributed by atoms with Crippen molar-refractivity contribution in [3.05, 3.63) is 73.3 Å². The van der Waals surface area contributed by atoms with Gasteiger partial charge in [0.05, 0.1) is 18.3 Å². The third kappa shape index (κ3) is 4.68. The Kier molecular flexibility index (Phi) is 6.40. The maximum Gasteiger partial charge on any atom is 0.265 e. The van der Waals surface area contributed by atoms with E-state index in [1.165, 1.54) is 24.9 Å². The third-order valence-electron chi connectivity index (χ3n) is 6.27. The molecule has 1 saturated heterocycles. The average molecular weight is 554 g/mol. The van der Waals surface area contributed by atoms with Crippen molar-refractivity contribution in [3.8, 4) is 11.3 Å². The predicted octanol–water partition coefficient (Wildman–Crippen LogP) is 5.00. The van der Waals surface area contributed by atoms with E-state index in [1.807, 2.05) is 4.57 Å². The van der Waals surface area contributed by atoms with Crippen LogP contribution in [0.2, 0.25) is 0 Å². The topological polar surface area (TPSA) is 137 Å². The SMILES string of the molecule is O=S(=O)(Nc1ccc(F)c(Nc2ncccc2-c2ncnc3c2ncn3C2CCCCO2)c1F)c1ccoc1. The molecule has 1 fully saturated rings. The van der Waals surface area contributed by atoms with Crippen molar-refractivity contribution in [2.75, 3.05) is 16.6 Å². The van der Waals surface area contributed by atoms with Crippen molar-refractivity contribution in [2.24, 2.45) is 0 Å². The molecule has 0 aliphatic carbocycles. The minimum Gasteiger partial charge on any atom is -0.471 e. The van der Waals surface area contributed by atoms with E-state index in [4.69, 9.17) is 9.15 Å². The summed E-state index contributed by atoms with van der Waals surface area (Å²) >= 11 is 0. The molecule has 5 aromatic rings. The van der Waals surface area contributed by atoms with Crippen LogP contribution in [0.5, 0.6) is 0 Å². The second-order valence-corrected chi connectivity index (χ2v) is 10.4. The van der Waals surface area contributed by atoms with Gasteiger partial charge in [-0.3, -0.25) is 9.29 Å². The molecule has 1 unspecified atom stereocenters. The molecule has 6 rings (SSSR count). The van der Waals surface area contributed by atoms with E-state index in [0.29, 0.717) is 29.0 Å². The van der Waals surface area contributed by atoms with Crippen molar-refractivity contribution < 1.29 is 26.4 Å². The highest BCUT2D eigenvalue weighted by Crippen LogP contribution is 2.35. The number of pyridine rings is 1. The number of anilines is 3. The van der Waals surface area contributed by atoms with Crippen molar-refractivity contribution in [1.29, 1.82) is 0 Å². The highest BCUT2D eigenvalue weighted by molar-refractivity contribution is 7.92. The molecule has 2 N–H and O–H groups in total. The maximum atomic E-state index is 15.5. The normalized spacial score (nSPS) is 15.9. The molecular formula is C25H21F2N7O4S. The Bertz CT molecular complexity index is 1750. The van der Waals surface area contributed by atoms with Crippen molar-refractivity contribution in [3.63, 3.8) is 0 Å². The number of fused-ring (bicyclic) bond motifs is 1. The molecule has 0 amide bonds. The lowest BCUT2D eigenvalue weighted by Crippen LogP contribution is -2.17. The van der Waals surface area contributed by atoms with Crippen LogP contribution in [0.1, 0.15) is 25.5 Å². The van der Waals surface area contributed by atoms with E-state index >= 15 is 4.39 Å². The lowest BCUT2D eigenvalue weighted by atomic mass is 10.1. The Hall–Kier alpha value is -4.43. The minimum absolute atomic E-state index is 0.0774. The molecule has 200 valence electrons. The summed E-state index contributed by atoms with van der Waals surface area (Å²) in [5.41, 5.74) is 0.743. The number of ether oxygens (including phenoxy) is 1. The van der Waals surface area contributed by atoms with Gasteiger partial charge in [0.15, 0.2) is 11.5 Å². The summed E-state index contributed by atoms with van der Waals surface area (Å²) in [6.45, 7) is 0.646. The molecular weight excluding hydrogens is 532 g/mol. The standard InChI is InChI=1S/C25H21F2N7O4S/c26-17-6-7-18(33-39(35,36)15-8-11-37-12-15)20(27)22(17)32-24-16(4-3-9-28-24)21-23-25(30-13-29-21)34(14-31-23)19-5-1-2-10-38-19/h3-4,6-9,11-14,19,33H,1-2,5,10H2,(H,28,32). The number of furan rings is 1. The summed E-state index contributed by atoms with van der Waals surface area (Å²) in [5, 5.41) is 2.67. The zero-order valence-electron chi connectivity index (χ0n) is 20.2. The number of hydrogen-bond donors (Lipinski definition) is 2. The molecule has 0 bridgehead atoms. The summed E-state index contributed by atoms with van der Waals surface area (Å²) in [5.74, 6) is -2.04. The monoisotopic (exact) mass is 553 g/mol. The van der Waals surface area contributed by atoms with Crippen LogP contribution in [0.4, 0.5) is 26.0 Å². The summed E-state index contributed by atoms with van der Waals surface area (Å²) in [6, 6.07) is 6.45. The van der Waals surface area contributed by atoms with Crippen LogP contribution in [0.15, 0.2) is 71.0 Å². The molecule has 0 spiro atoms. The van der Waals surface area contributed by atoms with Gasteiger partial charge in [0.25, 0.3) is 10.0 Å². The lowest BCUT2D eigenvalue weighted by molar-refractivity contribution is -0.0298. The van der Waals surface area contributed by atoms with Gasteiger partial charge in [-0.2, -0.15) is 0 Å². The first kappa shape index (κ1) is 24.9. The molecule has 11 nitrogen and oxygen atoms in total. The maximum absolute atomic E-state index is 15.5. The Morgan fingerprint density at radius 1 is 1.05 bits per heavy atom. The van der Waals surface area contributed by atoms with E-state index in [2.05, 4.69) is 30.0 Å². The molecule has 1 atom stereocenters. The predicted molar refractivity (Wildman–Crippen MR) is 137 cm³/mol. The van der Waals surface area contributed by atoms with E-state index < -0.39 is 33.0 Å². The third-order valence-corrected chi connectivity index (χ3v) is 7.61. The Morgan fingerprint density at radius 2 is 1.95 bits per heavy atom. The molecule has 4 aromatic heterocycles. The number of rotatable bonds is 7. The van der Waals surface area contributed by atoms with E-state index in [9.17, 15) is 12.8 Å². The number of aromatic nitrogens is 5. The van der Waals surface area contributed by atoms with Crippen molar-refractivity contribution >= 4 is 38.4 Å². The van der Waals surface area contributed by atoms with Crippen LogP contribution >= 0.6 is 0 Å². The van der Waals surface area contributed by atoms with Crippen LogP contribution in [0, 0.1) is 11.6 Å². The van der Waals surface area contributed by atoms with Gasteiger partial charge in [-0.05, 0) is 49.6 Å². The number of imidazole rings is 1. The fourth-order valence-electron chi connectivity index (χ4n) is 4.37. The molecule has 1 aromatic carbocycles. The zero-order valence-corrected chi connectivity index (χ0v) is 21.0. The van der Waals surface area contributed by atoms with Gasteiger partial charge < -0.3 is 14.5 Å². The van der Waals surface area contributed by atoms with Crippen LogP contribution in [-0.2, 0) is 14.8 Å². The highest BCUT2D eigenvalue weighted by atomic mass is 32.2. The first-order valence-electron chi connectivity index (χ1n) is 12.0. The zero-order chi connectivity index (χ0) is 27.0. The van der Waals surface area contributed by atoms with Gasteiger partial charge in [0, 0.05) is 18.4 Å². The van der Waals surface area contributed by atoms with Crippen LogP contribution in [0.25, 0.3) is 22.4 Å². The van der Waals surface area contributed by atoms with Gasteiger partial charge in [0.2, 0.25) is 0 Å². The molecule has 0 radical (unpaired) electrons. The van der Waals surface area contributed by atoms with Gasteiger partial charge >= 0.3 is 0 Å². The highest BCUT2D eigenvalue weighted by Gasteiger charge is 2.24. The fraction of sp³-hybridized carbons (Fsp3) is 0.200. The summed E-state index contributed by atoms with van der Waals surface area (Å²) in [7, 11) is -4.16. The van der Waals surface area contributed by atoms with Gasteiger partial charge in [-0.1, -0.05) is 0 Å². The molecule has 14 heteroatoms. The molecule has 1 aliphatic heterocycles. The van der Waals surface area contributed by atoms with E-state index in [0.717, 1.165) is 37.7 Å². The number of nitrogens with one attached hydrogen (secondary N) is 2. The lowest BCUT2D eigenvalue weighted by Gasteiger charge is -2.23.